The predicted octanol–water partition coefficient (Wildman–Crippen LogP) is 7.08. The predicted molar refractivity (Wildman–Crippen MR) is 127 cm³/mol. The summed E-state index contributed by atoms with van der Waals surface area (Å²) < 4.78 is 0. The maximum absolute atomic E-state index is 5.06. The number of hydrogen-bond acceptors (Lipinski definition) is 6. The Kier molecular flexibility index (Phi) is 6.97. The summed E-state index contributed by atoms with van der Waals surface area (Å²) in [5.74, 6) is 0. The summed E-state index contributed by atoms with van der Waals surface area (Å²) in [4.78, 5) is 21.0. The van der Waals surface area contributed by atoms with Gasteiger partial charge in [-0.15, -0.1) is 22.7 Å². The highest BCUT2D eigenvalue weighted by Crippen LogP contribution is 2.41. The van der Waals surface area contributed by atoms with E-state index >= 15 is 0 Å². The van der Waals surface area contributed by atoms with Gasteiger partial charge in [-0.2, -0.15) is 0 Å². The molecule has 0 amide bonds. The minimum atomic E-state index is 0.996. The molecule has 4 rings (SSSR count). The molecule has 0 bridgehead atoms. The summed E-state index contributed by atoms with van der Waals surface area (Å²) in [6.07, 6.45) is 14.0. The first-order valence-electron chi connectivity index (χ1n) is 10.6. The summed E-state index contributed by atoms with van der Waals surface area (Å²) in [6, 6.07) is 8.29. The highest BCUT2D eigenvalue weighted by molar-refractivity contribution is 7.24. The van der Waals surface area contributed by atoms with Gasteiger partial charge < -0.3 is 0 Å². The quantitative estimate of drug-likeness (QED) is 0.282. The fourth-order valence-corrected chi connectivity index (χ4v) is 5.62. The van der Waals surface area contributed by atoms with E-state index < -0.39 is 0 Å². The van der Waals surface area contributed by atoms with Crippen molar-refractivity contribution in [3.63, 3.8) is 0 Å². The molecule has 30 heavy (non-hydrogen) atoms. The van der Waals surface area contributed by atoms with Gasteiger partial charge in [-0.05, 0) is 61.1 Å². The van der Waals surface area contributed by atoms with Crippen molar-refractivity contribution in [1.29, 1.82) is 0 Å². The molecule has 0 aliphatic rings. The van der Waals surface area contributed by atoms with Crippen molar-refractivity contribution in [3.8, 4) is 30.9 Å². The van der Waals surface area contributed by atoms with Gasteiger partial charge in [0.1, 0.15) is 0 Å². The third-order valence-electron chi connectivity index (χ3n) is 5.00. The highest BCUT2D eigenvalue weighted by atomic mass is 32.1. The molecule has 0 saturated heterocycles. The van der Waals surface area contributed by atoms with Crippen molar-refractivity contribution in [3.05, 3.63) is 60.4 Å². The highest BCUT2D eigenvalue weighted by Gasteiger charge is 2.19. The van der Waals surface area contributed by atoms with Crippen LogP contribution >= 0.6 is 22.7 Å². The third-order valence-corrected chi connectivity index (χ3v) is 7.43. The normalized spacial score (nSPS) is 11.1. The average molecular weight is 435 g/mol. The molecule has 0 N–H and O–H groups in total. The lowest BCUT2D eigenvalue weighted by molar-refractivity contribution is 0.780. The molecule has 0 aliphatic heterocycles. The van der Waals surface area contributed by atoms with Gasteiger partial charge >= 0.3 is 0 Å². The lowest BCUT2D eigenvalue weighted by Gasteiger charge is -2.00. The van der Waals surface area contributed by atoms with Crippen molar-refractivity contribution >= 4 is 22.7 Å². The number of unbranched alkanes of at least 4 members (excludes halogenated alkanes) is 2. The number of aryl methyl sites for hydroxylation is 2. The van der Waals surface area contributed by atoms with E-state index in [-0.39, 0.29) is 0 Å². The molecule has 0 saturated carbocycles. The second-order valence-corrected chi connectivity index (χ2v) is 9.27. The molecule has 0 radical (unpaired) electrons. The van der Waals surface area contributed by atoms with E-state index in [0.29, 0.717) is 0 Å². The zero-order chi connectivity index (χ0) is 20.8. The fraction of sp³-hybridized carbons (Fsp3) is 0.333. The van der Waals surface area contributed by atoms with E-state index in [1.165, 1.54) is 32.3 Å². The largest absolute Gasteiger partial charge is 0.265 e. The van der Waals surface area contributed by atoms with Gasteiger partial charge in [-0.3, -0.25) is 9.97 Å². The van der Waals surface area contributed by atoms with Crippen LogP contribution in [0, 0.1) is 0 Å². The Morgan fingerprint density at radius 2 is 1.03 bits per heavy atom. The van der Waals surface area contributed by atoms with Gasteiger partial charge in [-0.25, -0.2) is 9.97 Å². The van der Waals surface area contributed by atoms with Crippen molar-refractivity contribution in [2.75, 3.05) is 0 Å². The Hall–Kier alpha value is -2.44. The molecular weight excluding hydrogens is 408 g/mol. The van der Waals surface area contributed by atoms with Crippen LogP contribution in [0.4, 0.5) is 0 Å². The molecule has 0 aliphatic carbocycles. The van der Waals surface area contributed by atoms with Gasteiger partial charge in [0.15, 0.2) is 10.0 Å². The molecule has 0 spiro atoms. The SMILES string of the molecule is CCCCc1nc(-c2nc(CCCC)c(-c3ccncc3)s2)sc1-c1ccncc1. The zero-order valence-electron chi connectivity index (χ0n) is 17.5. The fourth-order valence-electron chi connectivity index (χ4n) is 3.37. The third kappa shape index (κ3) is 4.65. The standard InChI is InChI=1S/C24H26N4S2/c1-3-5-7-19-21(17-9-13-25-14-10-17)29-23(27-19)24-28-20(8-6-4-2)22(30-24)18-11-15-26-16-12-18/h9-16H,3-8H2,1-2H3. The van der Waals surface area contributed by atoms with Crippen LogP contribution in [0.15, 0.2) is 49.1 Å². The molecule has 4 aromatic rings. The smallest absolute Gasteiger partial charge is 0.153 e. The van der Waals surface area contributed by atoms with Crippen LogP contribution in [-0.2, 0) is 12.8 Å². The molecule has 4 nitrogen and oxygen atoms in total. The molecule has 4 aromatic heterocycles. The second kappa shape index (κ2) is 10.0. The summed E-state index contributed by atoms with van der Waals surface area (Å²) >= 11 is 3.51. The number of pyridine rings is 2. The van der Waals surface area contributed by atoms with Crippen LogP contribution in [0.5, 0.6) is 0 Å². The first-order valence-corrected chi connectivity index (χ1v) is 12.2. The minimum Gasteiger partial charge on any atom is -0.265 e. The molecular formula is C24H26N4S2. The summed E-state index contributed by atoms with van der Waals surface area (Å²) in [5, 5.41) is 2.05. The van der Waals surface area contributed by atoms with E-state index in [9.17, 15) is 0 Å². The summed E-state index contributed by atoms with van der Waals surface area (Å²) in [5.41, 5.74) is 4.74. The number of nitrogens with zero attached hydrogens (tertiary/aromatic N) is 4. The minimum absolute atomic E-state index is 0.996. The van der Waals surface area contributed by atoms with Crippen molar-refractivity contribution in [1.82, 2.24) is 19.9 Å². The van der Waals surface area contributed by atoms with Gasteiger partial charge in [0.25, 0.3) is 0 Å². The lowest BCUT2D eigenvalue weighted by atomic mass is 10.1. The Balaban J connectivity index is 1.76. The molecule has 4 heterocycles. The number of aromatic nitrogens is 4. The second-order valence-electron chi connectivity index (χ2n) is 7.27. The molecule has 0 aromatic carbocycles. The number of thiazole rings is 2. The number of hydrogen-bond donors (Lipinski definition) is 0. The van der Waals surface area contributed by atoms with E-state index in [0.717, 1.165) is 48.5 Å². The van der Waals surface area contributed by atoms with Gasteiger partial charge in [0.2, 0.25) is 0 Å². The van der Waals surface area contributed by atoms with Crippen molar-refractivity contribution < 1.29 is 0 Å². The van der Waals surface area contributed by atoms with Crippen molar-refractivity contribution in [2.45, 2.75) is 52.4 Å². The summed E-state index contributed by atoms with van der Waals surface area (Å²) in [7, 11) is 0. The van der Waals surface area contributed by atoms with Crippen LogP contribution in [0.2, 0.25) is 0 Å². The Morgan fingerprint density at radius 3 is 1.40 bits per heavy atom. The van der Waals surface area contributed by atoms with E-state index in [4.69, 9.17) is 9.97 Å². The van der Waals surface area contributed by atoms with Gasteiger partial charge in [-0.1, -0.05) is 26.7 Å². The maximum Gasteiger partial charge on any atom is 0.153 e. The van der Waals surface area contributed by atoms with Crippen LogP contribution in [-0.4, -0.2) is 19.9 Å². The van der Waals surface area contributed by atoms with Crippen LogP contribution < -0.4 is 0 Å². The topological polar surface area (TPSA) is 51.6 Å². The molecule has 0 atom stereocenters. The zero-order valence-corrected chi connectivity index (χ0v) is 19.1. The molecule has 6 heteroatoms. The van der Waals surface area contributed by atoms with Crippen LogP contribution in [0.1, 0.15) is 50.9 Å². The van der Waals surface area contributed by atoms with Gasteiger partial charge in [0.05, 0.1) is 21.1 Å². The van der Waals surface area contributed by atoms with Crippen LogP contribution in [0.25, 0.3) is 30.9 Å². The Bertz CT molecular complexity index is 984. The Labute approximate surface area is 186 Å². The number of rotatable bonds is 9. The first kappa shape index (κ1) is 20.8. The first-order chi connectivity index (χ1) is 14.8. The van der Waals surface area contributed by atoms with Gasteiger partial charge in [0, 0.05) is 24.8 Å². The molecule has 154 valence electrons. The molecule has 0 unspecified atom stereocenters. The maximum atomic E-state index is 5.06. The molecule has 0 fully saturated rings. The van der Waals surface area contributed by atoms with Crippen molar-refractivity contribution in [2.24, 2.45) is 0 Å². The monoisotopic (exact) mass is 434 g/mol. The Morgan fingerprint density at radius 1 is 0.633 bits per heavy atom. The van der Waals surface area contributed by atoms with E-state index in [1.807, 2.05) is 24.8 Å². The van der Waals surface area contributed by atoms with E-state index in [2.05, 4.69) is 48.1 Å². The average Bonchev–Trinajstić information content (AvgIpc) is 3.42. The van der Waals surface area contributed by atoms with Crippen LogP contribution in [0.3, 0.4) is 0 Å². The lowest BCUT2D eigenvalue weighted by Crippen LogP contribution is -1.90. The van der Waals surface area contributed by atoms with E-state index in [1.54, 1.807) is 22.7 Å². The summed E-state index contributed by atoms with van der Waals surface area (Å²) in [6.45, 7) is 4.45.